The van der Waals surface area contributed by atoms with Crippen molar-refractivity contribution in [2.75, 3.05) is 5.32 Å². The minimum Gasteiger partial charge on any atom is -0.380 e. The molecule has 0 spiro atoms. The van der Waals surface area contributed by atoms with Crippen molar-refractivity contribution in [1.29, 1.82) is 0 Å². The van der Waals surface area contributed by atoms with E-state index in [9.17, 15) is 0 Å². The van der Waals surface area contributed by atoms with Gasteiger partial charge in [-0.2, -0.15) is 16.4 Å². The van der Waals surface area contributed by atoms with E-state index in [1.54, 1.807) is 11.3 Å². The molecule has 0 unspecified atom stereocenters. The fourth-order valence-electron chi connectivity index (χ4n) is 1.74. The highest BCUT2D eigenvalue weighted by Gasteiger charge is 2.00. The van der Waals surface area contributed by atoms with E-state index in [1.807, 2.05) is 41.2 Å². The molecule has 0 fully saturated rings. The van der Waals surface area contributed by atoms with Gasteiger partial charge in [-0.05, 0) is 23.6 Å². The summed E-state index contributed by atoms with van der Waals surface area (Å²) < 4.78 is 1.89. The molecular weight excluding hydrogens is 242 g/mol. The van der Waals surface area contributed by atoms with E-state index < -0.39 is 0 Å². The van der Waals surface area contributed by atoms with Crippen molar-refractivity contribution >= 4 is 17.0 Å². The normalized spacial score (nSPS) is 10.4. The predicted molar refractivity (Wildman–Crippen MR) is 75.2 cm³/mol. The first kappa shape index (κ1) is 11.0. The van der Waals surface area contributed by atoms with Crippen molar-refractivity contribution in [3.8, 4) is 5.69 Å². The Balaban J connectivity index is 1.70. The van der Waals surface area contributed by atoms with Gasteiger partial charge < -0.3 is 5.32 Å². The van der Waals surface area contributed by atoms with Gasteiger partial charge in [0.1, 0.15) is 0 Å². The summed E-state index contributed by atoms with van der Waals surface area (Å²) in [7, 11) is 0. The second kappa shape index (κ2) is 5.06. The first-order valence-electron chi connectivity index (χ1n) is 5.77. The molecule has 0 bridgehead atoms. The van der Waals surface area contributed by atoms with Crippen molar-refractivity contribution < 1.29 is 0 Å². The fraction of sp³-hybridized carbons (Fsp3) is 0.0714. The van der Waals surface area contributed by atoms with Gasteiger partial charge in [0, 0.05) is 29.4 Å². The smallest absolute Gasteiger partial charge is 0.0645 e. The number of hydrogen-bond donors (Lipinski definition) is 1. The molecular formula is C14H13N3S. The molecule has 3 nitrogen and oxygen atoms in total. The SMILES string of the molecule is c1ccc(-n2cc(CNc3ccsc3)cn2)cc1. The Bertz CT molecular complexity index is 599. The van der Waals surface area contributed by atoms with Gasteiger partial charge >= 0.3 is 0 Å². The number of aromatic nitrogens is 2. The molecule has 0 aliphatic rings. The summed E-state index contributed by atoms with van der Waals surface area (Å²) in [6, 6.07) is 12.2. The third-order valence-electron chi connectivity index (χ3n) is 2.67. The molecule has 0 saturated carbocycles. The Morgan fingerprint density at radius 2 is 2.06 bits per heavy atom. The largest absolute Gasteiger partial charge is 0.380 e. The monoisotopic (exact) mass is 255 g/mol. The second-order valence-corrected chi connectivity index (χ2v) is 4.77. The molecule has 4 heteroatoms. The van der Waals surface area contributed by atoms with Crippen molar-refractivity contribution in [3.63, 3.8) is 0 Å². The number of nitrogens with zero attached hydrogens (tertiary/aromatic N) is 2. The van der Waals surface area contributed by atoms with Gasteiger partial charge in [0.25, 0.3) is 0 Å². The number of hydrogen-bond acceptors (Lipinski definition) is 3. The van der Waals surface area contributed by atoms with E-state index in [1.165, 1.54) is 5.56 Å². The number of para-hydroxylation sites is 1. The lowest BCUT2D eigenvalue weighted by atomic mass is 10.3. The summed E-state index contributed by atoms with van der Waals surface area (Å²) in [4.78, 5) is 0. The zero-order valence-corrected chi connectivity index (χ0v) is 10.6. The minimum absolute atomic E-state index is 0.795. The number of nitrogens with one attached hydrogen (secondary N) is 1. The van der Waals surface area contributed by atoms with Crippen LogP contribution in [0.3, 0.4) is 0 Å². The fourth-order valence-corrected chi connectivity index (χ4v) is 2.35. The van der Waals surface area contributed by atoms with E-state index in [-0.39, 0.29) is 0 Å². The van der Waals surface area contributed by atoms with Crippen LogP contribution in [0.1, 0.15) is 5.56 Å². The van der Waals surface area contributed by atoms with Gasteiger partial charge in [-0.3, -0.25) is 0 Å². The van der Waals surface area contributed by atoms with Gasteiger partial charge in [-0.25, -0.2) is 4.68 Å². The molecule has 2 heterocycles. The average molecular weight is 255 g/mol. The van der Waals surface area contributed by atoms with Crippen LogP contribution in [-0.2, 0) is 6.54 Å². The summed E-state index contributed by atoms with van der Waals surface area (Å²) in [5.74, 6) is 0. The maximum absolute atomic E-state index is 4.37. The molecule has 0 saturated heterocycles. The quantitative estimate of drug-likeness (QED) is 0.772. The third-order valence-corrected chi connectivity index (χ3v) is 3.36. The van der Waals surface area contributed by atoms with Crippen LogP contribution in [0, 0.1) is 0 Å². The lowest BCUT2D eigenvalue weighted by Crippen LogP contribution is -1.97. The van der Waals surface area contributed by atoms with Crippen molar-refractivity contribution in [1.82, 2.24) is 9.78 Å². The molecule has 0 amide bonds. The predicted octanol–water partition coefficient (Wildman–Crippen LogP) is 3.55. The summed E-state index contributed by atoms with van der Waals surface area (Å²) in [6.07, 6.45) is 3.95. The van der Waals surface area contributed by atoms with Gasteiger partial charge in [-0.15, -0.1) is 0 Å². The summed E-state index contributed by atoms with van der Waals surface area (Å²) in [5.41, 5.74) is 3.41. The first-order chi connectivity index (χ1) is 8.92. The molecule has 3 rings (SSSR count). The molecule has 0 atom stereocenters. The third kappa shape index (κ3) is 2.43. The van der Waals surface area contributed by atoms with Crippen LogP contribution in [-0.4, -0.2) is 9.78 Å². The second-order valence-electron chi connectivity index (χ2n) is 3.99. The van der Waals surface area contributed by atoms with E-state index in [4.69, 9.17) is 0 Å². The Labute approximate surface area is 110 Å². The van der Waals surface area contributed by atoms with Crippen LogP contribution in [0.15, 0.2) is 59.6 Å². The molecule has 3 aromatic rings. The topological polar surface area (TPSA) is 29.9 Å². The van der Waals surface area contributed by atoms with Gasteiger partial charge in [-0.1, -0.05) is 18.2 Å². The highest BCUT2D eigenvalue weighted by atomic mass is 32.1. The van der Waals surface area contributed by atoms with Gasteiger partial charge in [0.15, 0.2) is 0 Å². The maximum atomic E-state index is 4.37. The summed E-state index contributed by atoms with van der Waals surface area (Å²) >= 11 is 1.69. The Morgan fingerprint density at radius 1 is 1.17 bits per heavy atom. The maximum Gasteiger partial charge on any atom is 0.0645 e. The molecule has 1 N–H and O–H groups in total. The van der Waals surface area contributed by atoms with E-state index in [0.717, 1.165) is 17.9 Å². The number of anilines is 1. The van der Waals surface area contributed by atoms with E-state index >= 15 is 0 Å². The van der Waals surface area contributed by atoms with Crippen LogP contribution < -0.4 is 5.32 Å². The number of thiophene rings is 1. The highest BCUT2D eigenvalue weighted by Crippen LogP contribution is 2.14. The molecule has 18 heavy (non-hydrogen) atoms. The van der Waals surface area contributed by atoms with Crippen molar-refractivity contribution in [2.45, 2.75) is 6.54 Å². The molecule has 2 aromatic heterocycles. The Kier molecular flexibility index (Phi) is 3.10. The average Bonchev–Trinajstić information content (AvgIpc) is 3.09. The summed E-state index contributed by atoms with van der Waals surface area (Å²) in [5, 5.41) is 11.9. The molecule has 1 aromatic carbocycles. The van der Waals surface area contributed by atoms with Crippen molar-refractivity contribution in [3.05, 3.63) is 65.1 Å². The molecule has 90 valence electrons. The summed E-state index contributed by atoms with van der Waals surface area (Å²) in [6.45, 7) is 0.795. The molecule has 0 radical (unpaired) electrons. The standard InChI is InChI=1S/C14H13N3S/c1-2-4-14(5-3-1)17-10-12(9-16-17)8-15-13-6-7-18-11-13/h1-7,9-11,15H,8H2. The van der Waals surface area contributed by atoms with Gasteiger partial charge in [0.05, 0.1) is 11.9 Å². The van der Waals surface area contributed by atoms with Crippen LogP contribution in [0.5, 0.6) is 0 Å². The van der Waals surface area contributed by atoms with Crippen LogP contribution in [0.4, 0.5) is 5.69 Å². The van der Waals surface area contributed by atoms with E-state index in [2.05, 4.69) is 33.4 Å². The lowest BCUT2D eigenvalue weighted by Gasteiger charge is -2.01. The van der Waals surface area contributed by atoms with Crippen LogP contribution >= 0.6 is 11.3 Å². The van der Waals surface area contributed by atoms with E-state index in [0.29, 0.717) is 0 Å². The lowest BCUT2D eigenvalue weighted by molar-refractivity contribution is 0.880. The minimum atomic E-state index is 0.795. The first-order valence-corrected chi connectivity index (χ1v) is 6.71. The van der Waals surface area contributed by atoms with Crippen LogP contribution in [0.25, 0.3) is 5.69 Å². The Hall–Kier alpha value is -2.07. The number of rotatable bonds is 4. The zero-order valence-electron chi connectivity index (χ0n) is 9.78. The Morgan fingerprint density at radius 3 is 2.83 bits per heavy atom. The van der Waals surface area contributed by atoms with Gasteiger partial charge in [0.2, 0.25) is 0 Å². The van der Waals surface area contributed by atoms with Crippen LogP contribution in [0.2, 0.25) is 0 Å². The molecule has 0 aliphatic heterocycles. The van der Waals surface area contributed by atoms with Crippen molar-refractivity contribution in [2.24, 2.45) is 0 Å². The number of benzene rings is 1. The highest BCUT2D eigenvalue weighted by molar-refractivity contribution is 7.08. The zero-order chi connectivity index (χ0) is 12.2. The molecule has 0 aliphatic carbocycles.